The van der Waals surface area contributed by atoms with Crippen molar-refractivity contribution in [1.82, 2.24) is 0 Å². The van der Waals surface area contributed by atoms with Gasteiger partial charge in [-0.2, -0.15) is 0 Å². The zero-order chi connectivity index (χ0) is 16.7. The van der Waals surface area contributed by atoms with Crippen molar-refractivity contribution in [3.63, 3.8) is 0 Å². The molecule has 120 valence electrons. The van der Waals surface area contributed by atoms with E-state index in [0.717, 1.165) is 0 Å². The third-order valence-corrected chi connectivity index (χ3v) is 4.74. The fourth-order valence-corrected chi connectivity index (χ4v) is 3.59. The number of allylic oxidation sites excluding steroid dienone is 2. The number of nitrogens with one attached hydrogen (secondary N) is 1. The number of carbonyl (C=O) groups excluding carboxylic acids is 1. The van der Waals surface area contributed by atoms with Gasteiger partial charge in [-0.25, -0.2) is 0 Å². The molecule has 7 nitrogen and oxygen atoms in total. The molecule has 2 aliphatic rings. The average Bonchev–Trinajstić information content (AvgIpc) is 3.09. The summed E-state index contributed by atoms with van der Waals surface area (Å²) < 4.78 is 0. The van der Waals surface area contributed by atoms with Crippen LogP contribution in [0.5, 0.6) is 0 Å². The number of carboxylic acid groups (broad SMARTS) is 1. The molecule has 2 bridgehead atoms. The Morgan fingerprint density at radius 3 is 2.52 bits per heavy atom. The Bertz CT molecular complexity index is 727. The number of aliphatic carboxylic acids is 1. The van der Waals surface area contributed by atoms with Crippen molar-refractivity contribution in [1.29, 1.82) is 0 Å². The van der Waals surface area contributed by atoms with E-state index in [4.69, 9.17) is 0 Å². The Morgan fingerprint density at radius 2 is 1.91 bits per heavy atom. The van der Waals surface area contributed by atoms with Crippen molar-refractivity contribution in [3.8, 4) is 0 Å². The Morgan fingerprint density at radius 1 is 1.26 bits per heavy atom. The molecule has 4 atom stereocenters. The van der Waals surface area contributed by atoms with Gasteiger partial charge in [0.15, 0.2) is 0 Å². The Labute approximate surface area is 132 Å². The van der Waals surface area contributed by atoms with E-state index in [-0.39, 0.29) is 17.5 Å². The summed E-state index contributed by atoms with van der Waals surface area (Å²) in [6.45, 7) is 1.73. The van der Waals surface area contributed by atoms with Crippen LogP contribution in [0.2, 0.25) is 0 Å². The smallest absolute Gasteiger partial charge is 0.307 e. The number of hydrogen-bond donors (Lipinski definition) is 2. The van der Waals surface area contributed by atoms with Crippen LogP contribution in [0, 0.1) is 40.7 Å². The molecule has 0 saturated heterocycles. The second-order valence-electron chi connectivity index (χ2n) is 6.08. The van der Waals surface area contributed by atoms with Crippen molar-refractivity contribution in [2.75, 3.05) is 5.32 Å². The van der Waals surface area contributed by atoms with Gasteiger partial charge in [0.1, 0.15) is 0 Å². The number of fused-ring (bicyclic) bond motifs is 2. The summed E-state index contributed by atoms with van der Waals surface area (Å²) in [7, 11) is 0. The van der Waals surface area contributed by atoms with E-state index >= 15 is 0 Å². The van der Waals surface area contributed by atoms with Gasteiger partial charge < -0.3 is 10.4 Å². The SMILES string of the molecule is Cc1ccc([N+](=O)[O-])cc1NC(=O)[C@H]1[C@@H](C(=O)O)[C@H]2C=C[C@H]1C2. The van der Waals surface area contributed by atoms with E-state index in [2.05, 4.69) is 5.32 Å². The number of aryl methyl sites for hydroxylation is 1. The predicted molar refractivity (Wildman–Crippen MR) is 81.8 cm³/mol. The standard InChI is InChI=1S/C16H16N2O5/c1-8-2-5-11(18(22)23)7-12(8)17-15(19)13-9-3-4-10(6-9)14(13)16(20)21/h2-5,7,9-10,13-14H,6H2,1H3,(H,17,19)(H,20,21)/t9-,10-,13+,14-/m0/s1. The molecule has 2 N–H and O–H groups in total. The summed E-state index contributed by atoms with van der Waals surface area (Å²) in [6.07, 6.45) is 4.43. The first-order chi connectivity index (χ1) is 10.9. The molecule has 0 heterocycles. The van der Waals surface area contributed by atoms with Gasteiger partial charge in [-0.15, -0.1) is 0 Å². The molecule has 1 aromatic carbocycles. The van der Waals surface area contributed by atoms with Crippen LogP contribution in [0.15, 0.2) is 30.4 Å². The highest BCUT2D eigenvalue weighted by atomic mass is 16.6. The van der Waals surface area contributed by atoms with Crippen molar-refractivity contribution < 1.29 is 19.6 Å². The van der Waals surface area contributed by atoms with E-state index in [1.54, 1.807) is 13.0 Å². The van der Waals surface area contributed by atoms with Crippen molar-refractivity contribution >= 4 is 23.3 Å². The lowest BCUT2D eigenvalue weighted by atomic mass is 9.82. The van der Waals surface area contributed by atoms with E-state index < -0.39 is 28.6 Å². The molecular weight excluding hydrogens is 300 g/mol. The van der Waals surface area contributed by atoms with Gasteiger partial charge in [-0.05, 0) is 30.7 Å². The van der Waals surface area contributed by atoms with Gasteiger partial charge in [0.2, 0.25) is 5.91 Å². The van der Waals surface area contributed by atoms with E-state index in [9.17, 15) is 24.8 Å². The highest BCUT2D eigenvalue weighted by Gasteiger charge is 2.51. The average molecular weight is 316 g/mol. The number of amides is 1. The highest BCUT2D eigenvalue weighted by Crippen LogP contribution is 2.48. The number of hydrogen-bond acceptors (Lipinski definition) is 4. The number of nitro groups is 1. The number of anilines is 1. The minimum Gasteiger partial charge on any atom is -0.481 e. The minimum absolute atomic E-state index is 0.0832. The molecule has 0 unspecified atom stereocenters. The first kappa shape index (κ1) is 15.2. The number of nitro benzene ring substituents is 1. The van der Waals surface area contributed by atoms with Crippen LogP contribution in [0.25, 0.3) is 0 Å². The number of rotatable bonds is 4. The molecule has 2 aliphatic carbocycles. The number of carbonyl (C=O) groups is 2. The Balaban J connectivity index is 1.85. The van der Waals surface area contributed by atoms with E-state index in [1.807, 2.05) is 12.2 Å². The lowest BCUT2D eigenvalue weighted by Gasteiger charge is -2.24. The molecule has 0 aliphatic heterocycles. The minimum atomic E-state index is -0.974. The summed E-state index contributed by atoms with van der Waals surface area (Å²) >= 11 is 0. The van der Waals surface area contributed by atoms with Crippen molar-refractivity contribution in [3.05, 3.63) is 46.0 Å². The van der Waals surface area contributed by atoms with Crippen LogP contribution in [0.3, 0.4) is 0 Å². The third kappa shape index (κ3) is 2.58. The van der Waals surface area contributed by atoms with E-state index in [1.165, 1.54) is 12.1 Å². The van der Waals surface area contributed by atoms with Crippen LogP contribution >= 0.6 is 0 Å². The second-order valence-corrected chi connectivity index (χ2v) is 6.08. The van der Waals surface area contributed by atoms with Gasteiger partial charge in [0.25, 0.3) is 5.69 Å². The highest BCUT2D eigenvalue weighted by molar-refractivity contribution is 5.97. The van der Waals surface area contributed by atoms with Crippen molar-refractivity contribution in [2.24, 2.45) is 23.7 Å². The largest absolute Gasteiger partial charge is 0.481 e. The topological polar surface area (TPSA) is 110 Å². The summed E-state index contributed by atoms with van der Waals surface area (Å²) in [5, 5.41) is 22.9. The molecular formula is C16H16N2O5. The molecule has 1 aromatic rings. The Kier molecular flexibility index (Phi) is 3.63. The van der Waals surface area contributed by atoms with Crippen LogP contribution < -0.4 is 5.32 Å². The summed E-state index contributed by atoms with van der Waals surface area (Å²) in [6, 6.07) is 4.22. The van der Waals surface area contributed by atoms with Crippen LogP contribution in [0.4, 0.5) is 11.4 Å². The fourth-order valence-electron chi connectivity index (χ4n) is 3.59. The van der Waals surface area contributed by atoms with Crippen LogP contribution in [0.1, 0.15) is 12.0 Å². The maximum atomic E-state index is 12.6. The lowest BCUT2D eigenvalue weighted by molar-refractivity contribution is -0.384. The number of nitrogens with zero attached hydrogens (tertiary/aromatic N) is 1. The second kappa shape index (κ2) is 5.49. The number of benzene rings is 1. The molecule has 1 amide bonds. The fraction of sp³-hybridized carbons (Fsp3) is 0.375. The zero-order valence-electron chi connectivity index (χ0n) is 12.4. The Hall–Kier alpha value is -2.70. The predicted octanol–water partition coefficient (Wildman–Crippen LogP) is 2.36. The van der Waals surface area contributed by atoms with Gasteiger partial charge in [-0.1, -0.05) is 18.2 Å². The molecule has 23 heavy (non-hydrogen) atoms. The lowest BCUT2D eigenvalue weighted by Crippen LogP contribution is -2.36. The molecule has 0 aromatic heterocycles. The maximum Gasteiger partial charge on any atom is 0.307 e. The summed E-state index contributed by atoms with van der Waals surface area (Å²) in [5.41, 5.74) is 0.920. The van der Waals surface area contributed by atoms with Gasteiger partial charge in [0, 0.05) is 12.1 Å². The van der Waals surface area contributed by atoms with Crippen molar-refractivity contribution in [2.45, 2.75) is 13.3 Å². The van der Waals surface area contributed by atoms with Crippen LogP contribution in [-0.4, -0.2) is 21.9 Å². The van der Waals surface area contributed by atoms with E-state index in [0.29, 0.717) is 17.7 Å². The normalized spacial score (nSPS) is 27.9. The maximum absolute atomic E-state index is 12.6. The molecule has 1 saturated carbocycles. The van der Waals surface area contributed by atoms with Gasteiger partial charge in [0.05, 0.1) is 22.4 Å². The first-order valence-electron chi connectivity index (χ1n) is 7.35. The third-order valence-electron chi connectivity index (χ3n) is 4.74. The zero-order valence-corrected chi connectivity index (χ0v) is 12.4. The molecule has 1 fully saturated rings. The molecule has 3 rings (SSSR count). The first-order valence-corrected chi connectivity index (χ1v) is 7.35. The summed E-state index contributed by atoms with van der Waals surface area (Å²) in [5.74, 6) is -2.93. The number of non-ortho nitro benzene ring substituents is 1. The van der Waals surface area contributed by atoms with Gasteiger partial charge >= 0.3 is 5.97 Å². The van der Waals surface area contributed by atoms with Gasteiger partial charge in [-0.3, -0.25) is 19.7 Å². The summed E-state index contributed by atoms with van der Waals surface area (Å²) in [4.78, 5) is 34.4. The monoisotopic (exact) mass is 316 g/mol. The number of carboxylic acids is 1. The van der Waals surface area contributed by atoms with Crippen LogP contribution in [-0.2, 0) is 9.59 Å². The molecule has 7 heteroatoms. The molecule has 0 radical (unpaired) electrons. The molecule has 0 spiro atoms. The quantitative estimate of drug-likeness (QED) is 0.503.